The zero-order chi connectivity index (χ0) is 13.0. The van der Waals surface area contributed by atoms with Gasteiger partial charge in [0.2, 0.25) is 0 Å². The molecule has 0 aliphatic heterocycles. The van der Waals surface area contributed by atoms with Gasteiger partial charge in [0, 0.05) is 25.2 Å². The Hall–Kier alpha value is -1.96. The van der Waals surface area contributed by atoms with Crippen LogP contribution in [0.25, 0.3) is 0 Å². The number of hydrogen-bond acceptors (Lipinski definition) is 2. The molecule has 2 aromatic rings. The van der Waals surface area contributed by atoms with Crippen molar-refractivity contribution in [1.82, 2.24) is 4.98 Å². The molecular formula is C16H17NO. The molecule has 1 heterocycles. The van der Waals surface area contributed by atoms with Gasteiger partial charge in [0.05, 0.1) is 0 Å². The van der Waals surface area contributed by atoms with E-state index in [4.69, 9.17) is 0 Å². The summed E-state index contributed by atoms with van der Waals surface area (Å²) in [5.41, 5.74) is 4.63. The molecule has 1 aromatic heterocycles. The Balaban J connectivity index is 2.01. The summed E-state index contributed by atoms with van der Waals surface area (Å²) in [5.74, 6) is 0.240. The summed E-state index contributed by atoms with van der Waals surface area (Å²) in [5, 5.41) is 0. The maximum Gasteiger partial charge on any atom is 0.141 e. The second-order valence-electron chi connectivity index (χ2n) is 4.67. The molecule has 0 aliphatic rings. The van der Waals surface area contributed by atoms with Crippen LogP contribution in [-0.2, 0) is 17.6 Å². The lowest BCUT2D eigenvalue weighted by Gasteiger charge is -2.05. The van der Waals surface area contributed by atoms with E-state index >= 15 is 0 Å². The van der Waals surface area contributed by atoms with Gasteiger partial charge in [-0.15, -0.1) is 0 Å². The molecule has 1 aromatic carbocycles. The number of hydrogen-bond donors (Lipinski definition) is 0. The smallest absolute Gasteiger partial charge is 0.141 e. The molecule has 2 heteroatoms. The average Bonchev–Trinajstić information content (AvgIpc) is 2.35. The molecule has 0 atom stereocenters. The zero-order valence-corrected chi connectivity index (χ0v) is 10.8. The predicted molar refractivity (Wildman–Crippen MR) is 72.6 cm³/mol. The van der Waals surface area contributed by atoms with Crippen molar-refractivity contribution in [3.05, 3.63) is 65.0 Å². The maximum absolute atomic E-state index is 12.0. The van der Waals surface area contributed by atoms with Crippen LogP contribution in [0.15, 0.2) is 42.7 Å². The van der Waals surface area contributed by atoms with Crippen LogP contribution in [0.5, 0.6) is 0 Å². The first-order valence-electron chi connectivity index (χ1n) is 6.12. The van der Waals surface area contributed by atoms with Crippen molar-refractivity contribution >= 4 is 5.78 Å². The molecule has 18 heavy (non-hydrogen) atoms. The van der Waals surface area contributed by atoms with Gasteiger partial charge in [-0.1, -0.05) is 18.2 Å². The summed E-state index contributed by atoms with van der Waals surface area (Å²) in [6.45, 7) is 4.16. The minimum absolute atomic E-state index is 0.240. The molecule has 2 nitrogen and oxygen atoms in total. The van der Waals surface area contributed by atoms with E-state index in [-0.39, 0.29) is 5.78 Å². The fourth-order valence-corrected chi connectivity index (χ4v) is 1.93. The van der Waals surface area contributed by atoms with Gasteiger partial charge in [0.25, 0.3) is 0 Å². The molecular weight excluding hydrogens is 222 g/mol. The number of carbonyl (C=O) groups is 1. The Morgan fingerprint density at radius 3 is 2.28 bits per heavy atom. The van der Waals surface area contributed by atoms with Crippen LogP contribution in [0.2, 0.25) is 0 Å². The lowest BCUT2D eigenvalue weighted by atomic mass is 10.00. The van der Waals surface area contributed by atoms with E-state index < -0.39 is 0 Å². The first-order valence-corrected chi connectivity index (χ1v) is 6.12. The fourth-order valence-electron chi connectivity index (χ4n) is 1.93. The third-order valence-electron chi connectivity index (χ3n) is 3.12. The highest BCUT2D eigenvalue weighted by atomic mass is 16.1. The van der Waals surface area contributed by atoms with E-state index in [1.54, 1.807) is 12.4 Å². The molecule has 0 N–H and O–H groups in total. The van der Waals surface area contributed by atoms with Crippen molar-refractivity contribution in [2.24, 2.45) is 0 Å². The minimum atomic E-state index is 0.240. The standard InChI is InChI=1S/C16H17NO/c1-12-3-4-15(9-13(12)2)11-16(18)10-14-5-7-17-8-6-14/h3-9H,10-11H2,1-2H3. The molecule has 0 amide bonds. The molecule has 0 spiro atoms. The van der Waals surface area contributed by atoms with Gasteiger partial charge >= 0.3 is 0 Å². The van der Waals surface area contributed by atoms with E-state index in [0.717, 1.165) is 11.1 Å². The lowest BCUT2D eigenvalue weighted by Crippen LogP contribution is -2.06. The Bertz CT molecular complexity index is 546. The predicted octanol–water partition coefficient (Wildman–Crippen LogP) is 3.05. The highest BCUT2D eigenvalue weighted by Crippen LogP contribution is 2.11. The van der Waals surface area contributed by atoms with E-state index in [1.165, 1.54) is 11.1 Å². The van der Waals surface area contributed by atoms with Gasteiger partial charge in [-0.25, -0.2) is 0 Å². The zero-order valence-electron chi connectivity index (χ0n) is 10.8. The first kappa shape index (κ1) is 12.5. The van der Waals surface area contributed by atoms with E-state index in [2.05, 4.69) is 31.0 Å². The van der Waals surface area contributed by atoms with Crippen molar-refractivity contribution in [2.75, 3.05) is 0 Å². The van der Waals surface area contributed by atoms with Crippen molar-refractivity contribution in [3.8, 4) is 0 Å². The SMILES string of the molecule is Cc1ccc(CC(=O)Cc2ccncc2)cc1C. The van der Waals surface area contributed by atoms with E-state index in [1.807, 2.05) is 18.2 Å². The van der Waals surface area contributed by atoms with E-state index in [0.29, 0.717) is 12.8 Å². The van der Waals surface area contributed by atoms with Gasteiger partial charge in [-0.3, -0.25) is 9.78 Å². The highest BCUT2D eigenvalue weighted by Gasteiger charge is 2.06. The number of pyridine rings is 1. The second-order valence-corrected chi connectivity index (χ2v) is 4.67. The van der Waals surface area contributed by atoms with Crippen LogP contribution in [0.4, 0.5) is 0 Å². The lowest BCUT2D eigenvalue weighted by molar-refractivity contribution is -0.117. The van der Waals surface area contributed by atoms with E-state index in [9.17, 15) is 4.79 Å². The second kappa shape index (κ2) is 5.58. The Kier molecular flexibility index (Phi) is 3.88. The third kappa shape index (κ3) is 3.27. The normalized spacial score (nSPS) is 10.3. The number of aromatic nitrogens is 1. The van der Waals surface area contributed by atoms with Gasteiger partial charge in [-0.05, 0) is 48.2 Å². The number of aryl methyl sites for hydroxylation is 2. The molecule has 0 fully saturated rings. The van der Waals surface area contributed by atoms with Crippen molar-refractivity contribution < 1.29 is 4.79 Å². The topological polar surface area (TPSA) is 30.0 Å². The van der Waals surface area contributed by atoms with Gasteiger partial charge in [0.1, 0.15) is 5.78 Å². The number of ketones is 1. The molecule has 2 rings (SSSR count). The summed E-state index contributed by atoms with van der Waals surface area (Å²) in [6, 6.07) is 9.98. The molecule has 0 bridgehead atoms. The van der Waals surface area contributed by atoms with Crippen LogP contribution in [-0.4, -0.2) is 10.8 Å². The fraction of sp³-hybridized carbons (Fsp3) is 0.250. The van der Waals surface area contributed by atoms with Crippen LogP contribution in [0, 0.1) is 13.8 Å². The van der Waals surface area contributed by atoms with Crippen molar-refractivity contribution in [1.29, 1.82) is 0 Å². The summed E-state index contributed by atoms with van der Waals surface area (Å²) >= 11 is 0. The summed E-state index contributed by atoms with van der Waals surface area (Å²) in [6.07, 6.45) is 4.43. The van der Waals surface area contributed by atoms with Gasteiger partial charge < -0.3 is 0 Å². The maximum atomic E-state index is 12.0. The number of benzene rings is 1. The first-order chi connectivity index (χ1) is 8.65. The van der Waals surface area contributed by atoms with Crippen LogP contribution < -0.4 is 0 Å². The summed E-state index contributed by atoms with van der Waals surface area (Å²) in [4.78, 5) is 15.9. The molecule has 0 saturated carbocycles. The molecule has 92 valence electrons. The Morgan fingerprint density at radius 2 is 1.61 bits per heavy atom. The Morgan fingerprint density at radius 1 is 0.944 bits per heavy atom. The third-order valence-corrected chi connectivity index (χ3v) is 3.12. The largest absolute Gasteiger partial charge is 0.299 e. The van der Waals surface area contributed by atoms with Crippen LogP contribution in [0.1, 0.15) is 22.3 Å². The average molecular weight is 239 g/mol. The summed E-state index contributed by atoms with van der Waals surface area (Å²) in [7, 11) is 0. The minimum Gasteiger partial charge on any atom is -0.299 e. The number of rotatable bonds is 4. The van der Waals surface area contributed by atoms with Crippen LogP contribution in [0.3, 0.4) is 0 Å². The molecule has 0 saturated heterocycles. The summed E-state index contributed by atoms with van der Waals surface area (Å²) < 4.78 is 0. The number of Topliss-reactive ketones (excluding diaryl/α,β-unsaturated/α-hetero) is 1. The van der Waals surface area contributed by atoms with Crippen molar-refractivity contribution in [2.45, 2.75) is 26.7 Å². The molecule has 0 radical (unpaired) electrons. The Labute approximate surface area is 108 Å². The number of carbonyl (C=O) groups excluding carboxylic acids is 1. The number of nitrogens with zero attached hydrogens (tertiary/aromatic N) is 1. The highest BCUT2D eigenvalue weighted by molar-refractivity contribution is 5.83. The monoisotopic (exact) mass is 239 g/mol. The molecule has 0 aliphatic carbocycles. The van der Waals surface area contributed by atoms with Gasteiger partial charge in [-0.2, -0.15) is 0 Å². The van der Waals surface area contributed by atoms with Crippen molar-refractivity contribution in [3.63, 3.8) is 0 Å². The van der Waals surface area contributed by atoms with Crippen LogP contribution >= 0.6 is 0 Å². The molecule has 0 unspecified atom stereocenters. The quantitative estimate of drug-likeness (QED) is 0.820. The van der Waals surface area contributed by atoms with Gasteiger partial charge in [0.15, 0.2) is 0 Å².